The third kappa shape index (κ3) is 1.32. The van der Waals surface area contributed by atoms with Crippen LogP contribution >= 0.6 is 0 Å². The number of imide groups is 1. The van der Waals surface area contributed by atoms with Gasteiger partial charge in [0.2, 0.25) is 11.8 Å². The maximum atomic E-state index is 12.2. The van der Waals surface area contributed by atoms with E-state index in [2.05, 4.69) is 0 Å². The van der Waals surface area contributed by atoms with Gasteiger partial charge in [-0.1, -0.05) is 0 Å². The summed E-state index contributed by atoms with van der Waals surface area (Å²) in [6, 6.07) is -0.00574. The van der Waals surface area contributed by atoms with Crippen LogP contribution in [0.4, 0.5) is 0 Å². The molecule has 0 aromatic carbocycles. The summed E-state index contributed by atoms with van der Waals surface area (Å²) in [5.41, 5.74) is 6.00. The van der Waals surface area contributed by atoms with Gasteiger partial charge in [-0.15, -0.1) is 0 Å². The van der Waals surface area contributed by atoms with Crippen molar-refractivity contribution in [3.05, 3.63) is 0 Å². The lowest BCUT2D eigenvalue weighted by Gasteiger charge is -2.36. The quantitative estimate of drug-likeness (QED) is 0.663. The third-order valence-electron chi connectivity index (χ3n) is 4.47. The molecule has 3 rings (SSSR count). The molecule has 0 aromatic heterocycles. The van der Waals surface area contributed by atoms with Crippen LogP contribution in [0.2, 0.25) is 0 Å². The van der Waals surface area contributed by atoms with Gasteiger partial charge in [0.15, 0.2) is 0 Å². The van der Waals surface area contributed by atoms with Crippen molar-refractivity contribution >= 4 is 11.8 Å². The van der Waals surface area contributed by atoms with E-state index < -0.39 is 0 Å². The van der Waals surface area contributed by atoms with Crippen molar-refractivity contribution in [2.75, 3.05) is 0 Å². The first-order valence-corrected chi connectivity index (χ1v) is 6.31. The molecule has 0 spiro atoms. The number of piperidine rings is 1. The SMILES string of the molecule is NC1CCCC1N1C(=O)C2CCC(C2)C1=O. The number of nitrogens with two attached hydrogens (primary N) is 1. The molecule has 3 fully saturated rings. The average molecular weight is 222 g/mol. The molecule has 0 radical (unpaired) electrons. The number of hydrogen-bond acceptors (Lipinski definition) is 3. The molecule has 16 heavy (non-hydrogen) atoms. The first kappa shape index (κ1) is 10.3. The van der Waals surface area contributed by atoms with Crippen LogP contribution in [0, 0.1) is 11.8 Å². The summed E-state index contributed by atoms with van der Waals surface area (Å²) in [4.78, 5) is 25.9. The number of carbonyl (C=O) groups is 2. The minimum Gasteiger partial charge on any atom is -0.326 e. The van der Waals surface area contributed by atoms with Crippen LogP contribution in [-0.2, 0) is 9.59 Å². The van der Waals surface area contributed by atoms with Crippen molar-refractivity contribution in [1.82, 2.24) is 4.90 Å². The largest absolute Gasteiger partial charge is 0.326 e. The molecule has 1 heterocycles. The van der Waals surface area contributed by atoms with E-state index in [-0.39, 0.29) is 35.7 Å². The lowest BCUT2D eigenvalue weighted by molar-refractivity contribution is -0.156. The lowest BCUT2D eigenvalue weighted by atomic mass is 9.94. The topological polar surface area (TPSA) is 63.4 Å². The Hall–Kier alpha value is -0.900. The number of amides is 2. The van der Waals surface area contributed by atoms with Crippen molar-refractivity contribution in [3.8, 4) is 0 Å². The van der Waals surface area contributed by atoms with Crippen molar-refractivity contribution in [1.29, 1.82) is 0 Å². The van der Waals surface area contributed by atoms with Crippen molar-refractivity contribution < 1.29 is 9.59 Å². The van der Waals surface area contributed by atoms with E-state index in [0.29, 0.717) is 0 Å². The monoisotopic (exact) mass is 222 g/mol. The minimum atomic E-state index is -0.0107. The normalized spacial score (nSPS) is 43.2. The van der Waals surface area contributed by atoms with Gasteiger partial charge in [0.25, 0.3) is 0 Å². The Morgan fingerprint density at radius 3 is 2.12 bits per heavy atom. The van der Waals surface area contributed by atoms with E-state index >= 15 is 0 Å². The zero-order valence-corrected chi connectivity index (χ0v) is 9.39. The molecule has 2 aliphatic carbocycles. The molecule has 1 saturated heterocycles. The third-order valence-corrected chi connectivity index (χ3v) is 4.47. The second-order valence-corrected chi connectivity index (χ2v) is 5.42. The summed E-state index contributed by atoms with van der Waals surface area (Å²) in [6.45, 7) is 0. The summed E-state index contributed by atoms with van der Waals surface area (Å²) in [7, 11) is 0. The maximum absolute atomic E-state index is 12.2. The molecule has 3 aliphatic rings. The molecule has 4 nitrogen and oxygen atoms in total. The van der Waals surface area contributed by atoms with Gasteiger partial charge in [-0.2, -0.15) is 0 Å². The number of likely N-dealkylation sites (tertiary alicyclic amines) is 1. The first-order chi connectivity index (χ1) is 7.68. The molecule has 0 aromatic rings. The van der Waals surface area contributed by atoms with E-state index in [0.717, 1.165) is 38.5 Å². The van der Waals surface area contributed by atoms with Crippen LogP contribution in [0.3, 0.4) is 0 Å². The fourth-order valence-electron chi connectivity index (χ4n) is 3.55. The van der Waals surface area contributed by atoms with Gasteiger partial charge in [0, 0.05) is 17.9 Å². The highest BCUT2D eigenvalue weighted by Crippen LogP contribution is 2.40. The molecule has 2 saturated carbocycles. The van der Waals surface area contributed by atoms with E-state index in [1.54, 1.807) is 0 Å². The maximum Gasteiger partial charge on any atom is 0.232 e. The zero-order chi connectivity index (χ0) is 11.3. The van der Waals surface area contributed by atoms with Crippen LogP contribution < -0.4 is 5.73 Å². The Kier molecular flexibility index (Phi) is 2.28. The van der Waals surface area contributed by atoms with Gasteiger partial charge in [-0.25, -0.2) is 0 Å². The molecule has 2 bridgehead atoms. The van der Waals surface area contributed by atoms with E-state index in [1.807, 2.05) is 0 Å². The standard InChI is InChI=1S/C12H18N2O2/c13-9-2-1-3-10(9)14-11(15)7-4-5-8(6-7)12(14)16/h7-10H,1-6,13H2. The molecule has 1 aliphatic heterocycles. The summed E-state index contributed by atoms with van der Waals surface area (Å²) >= 11 is 0. The van der Waals surface area contributed by atoms with Gasteiger partial charge in [0.05, 0.1) is 6.04 Å². The molecule has 88 valence electrons. The van der Waals surface area contributed by atoms with E-state index in [9.17, 15) is 9.59 Å². The number of fused-ring (bicyclic) bond motifs is 2. The van der Waals surface area contributed by atoms with Crippen molar-refractivity contribution in [3.63, 3.8) is 0 Å². The molecule has 4 unspecified atom stereocenters. The number of rotatable bonds is 1. The first-order valence-electron chi connectivity index (χ1n) is 6.31. The predicted molar refractivity (Wildman–Crippen MR) is 58.3 cm³/mol. The summed E-state index contributed by atoms with van der Waals surface area (Å²) in [5, 5.41) is 0. The van der Waals surface area contributed by atoms with Crippen LogP contribution in [0.1, 0.15) is 38.5 Å². The van der Waals surface area contributed by atoms with Gasteiger partial charge in [0.1, 0.15) is 0 Å². The van der Waals surface area contributed by atoms with Crippen molar-refractivity contribution in [2.45, 2.75) is 50.6 Å². The smallest absolute Gasteiger partial charge is 0.232 e. The predicted octanol–water partition coefficient (Wildman–Crippen LogP) is 0.651. The van der Waals surface area contributed by atoms with Gasteiger partial charge in [-0.3, -0.25) is 14.5 Å². The van der Waals surface area contributed by atoms with E-state index in [1.165, 1.54) is 4.90 Å². The summed E-state index contributed by atoms with van der Waals surface area (Å²) < 4.78 is 0. The van der Waals surface area contributed by atoms with Crippen molar-refractivity contribution in [2.24, 2.45) is 17.6 Å². The Labute approximate surface area is 95.2 Å². The highest BCUT2D eigenvalue weighted by atomic mass is 16.2. The second kappa shape index (κ2) is 3.55. The van der Waals surface area contributed by atoms with Gasteiger partial charge in [-0.05, 0) is 38.5 Å². The highest BCUT2D eigenvalue weighted by molar-refractivity contribution is 6.01. The Morgan fingerprint density at radius 1 is 1.00 bits per heavy atom. The molecular weight excluding hydrogens is 204 g/mol. The molecule has 2 N–H and O–H groups in total. The van der Waals surface area contributed by atoms with Crippen LogP contribution in [-0.4, -0.2) is 28.8 Å². The van der Waals surface area contributed by atoms with Crippen LogP contribution in [0.15, 0.2) is 0 Å². The Balaban J connectivity index is 1.88. The van der Waals surface area contributed by atoms with Gasteiger partial charge < -0.3 is 5.73 Å². The molecule has 2 amide bonds. The number of nitrogens with zero attached hydrogens (tertiary/aromatic N) is 1. The van der Waals surface area contributed by atoms with Crippen LogP contribution in [0.25, 0.3) is 0 Å². The van der Waals surface area contributed by atoms with Crippen LogP contribution in [0.5, 0.6) is 0 Å². The fourth-order valence-corrected chi connectivity index (χ4v) is 3.55. The number of carbonyl (C=O) groups excluding carboxylic acids is 2. The van der Waals surface area contributed by atoms with Gasteiger partial charge >= 0.3 is 0 Å². The zero-order valence-electron chi connectivity index (χ0n) is 9.39. The Morgan fingerprint density at radius 2 is 1.62 bits per heavy atom. The summed E-state index contributed by atoms with van der Waals surface area (Å²) in [6.07, 6.45) is 5.46. The molecule has 4 heteroatoms. The molecule has 4 atom stereocenters. The average Bonchev–Trinajstić information content (AvgIpc) is 2.85. The lowest BCUT2D eigenvalue weighted by Crippen LogP contribution is -2.55. The van der Waals surface area contributed by atoms with E-state index in [4.69, 9.17) is 5.73 Å². The minimum absolute atomic E-state index is 0.00500. The number of hydrogen-bond donors (Lipinski definition) is 1. The molecular formula is C12H18N2O2. The highest BCUT2D eigenvalue weighted by Gasteiger charge is 2.49. The second-order valence-electron chi connectivity index (χ2n) is 5.42. The summed E-state index contributed by atoms with van der Waals surface area (Å²) in [5.74, 6) is 0.327. The fraction of sp³-hybridized carbons (Fsp3) is 0.833. The Bertz CT molecular complexity index is 320.